The summed E-state index contributed by atoms with van der Waals surface area (Å²) >= 11 is 0. The number of hydrogen-bond acceptors (Lipinski definition) is 3. The van der Waals surface area contributed by atoms with E-state index in [0.29, 0.717) is 0 Å². The zero-order chi connectivity index (χ0) is 14.2. The van der Waals surface area contributed by atoms with Crippen molar-refractivity contribution in [2.45, 2.75) is 13.1 Å². The van der Waals surface area contributed by atoms with Crippen molar-refractivity contribution in [2.75, 3.05) is 0 Å². The van der Waals surface area contributed by atoms with Crippen molar-refractivity contribution < 1.29 is 18.3 Å². The largest absolute Gasteiger partial charge is 0.493 e. The molecule has 0 aliphatic rings. The normalized spacial score (nSPS) is 11.6. The molecular weight excluding hydrogens is 261 g/mol. The molecular formula is C12H9F3N2O2. The maximum Gasteiger partial charge on any atom is 0.416 e. The highest BCUT2D eigenvalue weighted by molar-refractivity contribution is 5.56. The van der Waals surface area contributed by atoms with Crippen molar-refractivity contribution in [3.63, 3.8) is 0 Å². The minimum Gasteiger partial charge on any atom is -0.493 e. The minimum absolute atomic E-state index is 0.0156. The van der Waals surface area contributed by atoms with Crippen LogP contribution in [0.2, 0.25) is 0 Å². The van der Waals surface area contributed by atoms with Gasteiger partial charge in [-0.15, -0.1) is 0 Å². The number of H-pyrrole nitrogens is 1. The molecule has 0 unspecified atom stereocenters. The second kappa shape index (κ2) is 4.42. The SMILES string of the molecule is Cc1c(O)nc(-c2ccc(C(F)(F)F)cc2)[nH]c1=O. The quantitative estimate of drug-likeness (QED) is 0.836. The molecule has 2 N–H and O–H groups in total. The minimum atomic E-state index is -4.42. The first kappa shape index (κ1) is 13.1. The van der Waals surface area contributed by atoms with Crippen LogP contribution in [0.3, 0.4) is 0 Å². The van der Waals surface area contributed by atoms with Gasteiger partial charge in [-0.3, -0.25) is 4.79 Å². The molecule has 100 valence electrons. The lowest BCUT2D eigenvalue weighted by Gasteiger charge is -2.07. The molecule has 4 nitrogen and oxygen atoms in total. The Kier molecular flexibility index (Phi) is 3.05. The van der Waals surface area contributed by atoms with Crippen molar-refractivity contribution in [1.29, 1.82) is 0 Å². The van der Waals surface area contributed by atoms with E-state index in [9.17, 15) is 23.1 Å². The summed E-state index contributed by atoms with van der Waals surface area (Å²) in [6, 6.07) is 4.12. The third-order valence-electron chi connectivity index (χ3n) is 2.61. The van der Waals surface area contributed by atoms with Crippen molar-refractivity contribution in [3.8, 4) is 17.3 Å². The van der Waals surface area contributed by atoms with Crippen LogP contribution in [0.25, 0.3) is 11.4 Å². The average molecular weight is 270 g/mol. The van der Waals surface area contributed by atoms with E-state index in [1.807, 2.05) is 0 Å². The number of benzene rings is 1. The van der Waals surface area contributed by atoms with Crippen molar-refractivity contribution in [2.24, 2.45) is 0 Å². The molecule has 0 fully saturated rings. The van der Waals surface area contributed by atoms with Gasteiger partial charge in [0.15, 0.2) is 0 Å². The van der Waals surface area contributed by atoms with Crippen LogP contribution >= 0.6 is 0 Å². The third-order valence-corrected chi connectivity index (χ3v) is 2.61. The van der Waals surface area contributed by atoms with Crippen LogP contribution in [0, 0.1) is 6.92 Å². The average Bonchev–Trinajstić information content (AvgIpc) is 2.34. The Labute approximate surface area is 105 Å². The molecule has 1 aromatic heterocycles. The molecule has 2 rings (SSSR count). The lowest BCUT2D eigenvalue weighted by Crippen LogP contribution is -2.12. The van der Waals surface area contributed by atoms with Gasteiger partial charge in [0.1, 0.15) is 5.82 Å². The molecule has 1 aromatic carbocycles. The fourth-order valence-electron chi connectivity index (χ4n) is 1.47. The Hall–Kier alpha value is -2.31. The van der Waals surface area contributed by atoms with Crippen LogP contribution in [0.5, 0.6) is 5.88 Å². The van der Waals surface area contributed by atoms with Gasteiger partial charge in [0.05, 0.1) is 11.1 Å². The molecule has 0 aliphatic heterocycles. The van der Waals surface area contributed by atoms with Crippen molar-refractivity contribution in [1.82, 2.24) is 9.97 Å². The highest BCUT2D eigenvalue weighted by Crippen LogP contribution is 2.30. The first-order valence-corrected chi connectivity index (χ1v) is 5.26. The molecule has 0 saturated heterocycles. The number of nitrogens with one attached hydrogen (secondary N) is 1. The number of hydrogen-bond donors (Lipinski definition) is 2. The summed E-state index contributed by atoms with van der Waals surface area (Å²) in [7, 11) is 0. The van der Waals surface area contributed by atoms with Gasteiger partial charge in [-0.05, 0) is 19.1 Å². The van der Waals surface area contributed by atoms with Crippen LogP contribution in [0.1, 0.15) is 11.1 Å². The fraction of sp³-hybridized carbons (Fsp3) is 0.167. The zero-order valence-corrected chi connectivity index (χ0v) is 9.75. The van der Waals surface area contributed by atoms with Crippen LogP contribution < -0.4 is 5.56 Å². The van der Waals surface area contributed by atoms with Gasteiger partial charge in [0.2, 0.25) is 5.88 Å². The van der Waals surface area contributed by atoms with E-state index in [1.165, 1.54) is 19.1 Å². The van der Waals surface area contributed by atoms with Crippen molar-refractivity contribution in [3.05, 3.63) is 45.7 Å². The van der Waals surface area contributed by atoms with E-state index >= 15 is 0 Å². The number of rotatable bonds is 1. The number of halogens is 3. The Balaban J connectivity index is 2.46. The van der Waals surface area contributed by atoms with E-state index in [1.54, 1.807) is 0 Å². The first-order chi connectivity index (χ1) is 8.79. The van der Waals surface area contributed by atoms with Gasteiger partial charge >= 0.3 is 6.18 Å². The molecule has 19 heavy (non-hydrogen) atoms. The predicted octanol–water partition coefficient (Wildman–Crippen LogP) is 2.47. The van der Waals surface area contributed by atoms with Gasteiger partial charge in [0, 0.05) is 5.56 Å². The van der Waals surface area contributed by atoms with E-state index < -0.39 is 23.2 Å². The molecule has 0 amide bonds. The molecule has 0 radical (unpaired) electrons. The Morgan fingerprint density at radius 3 is 2.26 bits per heavy atom. The summed E-state index contributed by atoms with van der Waals surface area (Å²) in [5.74, 6) is -0.430. The summed E-state index contributed by atoms with van der Waals surface area (Å²) in [5.41, 5.74) is -1.01. The molecule has 0 saturated carbocycles. The number of aromatic amines is 1. The summed E-state index contributed by atoms with van der Waals surface area (Å²) in [5, 5.41) is 9.41. The summed E-state index contributed by atoms with van der Waals surface area (Å²) in [4.78, 5) is 17.5. The van der Waals surface area contributed by atoms with E-state index in [2.05, 4.69) is 9.97 Å². The van der Waals surface area contributed by atoms with Gasteiger partial charge in [0.25, 0.3) is 5.56 Å². The maximum absolute atomic E-state index is 12.4. The summed E-state index contributed by atoms with van der Waals surface area (Å²) < 4.78 is 37.2. The first-order valence-electron chi connectivity index (χ1n) is 5.26. The zero-order valence-electron chi connectivity index (χ0n) is 9.75. The van der Waals surface area contributed by atoms with E-state index in [0.717, 1.165) is 12.1 Å². The number of aromatic nitrogens is 2. The second-order valence-electron chi connectivity index (χ2n) is 3.94. The molecule has 0 atom stereocenters. The summed E-state index contributed by atoms with van der Waals surface area (Å²) in [6.07, 6.45) is -4.42. The fourth-order valence-corrected chi connectivity index (χ4v) is 1.47. The maximum atomic E-state index is 12.4. The van der Waals surface area contributed by atoms with Crippen molar-refractivity contribution >= 4 is 0 Å². The predicted molar refractivity (Wildman–Crippen MR) is 61.7 cm³/mol. The molecule has 0 spiro atoms. The lowest BCUT2D eigenvalue weighted by molar-refractivity contribution is -0.137. The Morgan fingerprint density at radius 2 is 1.79 bits per heavy atom. The van der Waals surface area contributed by atoms with Gasteiger partial charge in [-0.2, -0.15) is 18.2 Å². The highest BCUT2D eigenvalue weighted by atomic mass is 19.4. The second-order valence-corrected chi connectivity index (χ2v) is 3.94. The molecule has 1 heterocycles. The van der Waals surface area contributed by atoms with Gasteiger partial charge in [-0.1, -0.05) is 12.1 Å². The van der Waals surface area contributed by atoms with E-state index in [4.69, 9.17) is 0 Å². The number of aromatic hydroxyl groups is 1. The molecule has 0 aliphatic carbocycles. The molecule has 7 heteroatoms. The van der Waals surface area contributed by atoms with Gasteiger partial charge in [-0.25, -0.2) is 0 Å². The number of nitrogens with zero attached hydrogens (tertiary/aromatic N) is 1. The van der Waals surface area contributed by atoms with Crippen LogP contribution in [-0.4, -0.2) is 15.1 Å². The molecule has 2 aromatic rings. The topological polar surface area (TPSA) is 66.0 Å². The van der Waals surface area contributed by atoms with Crippen LogP contribution in [0.15, 0.2) is 29.1 Å². The van der Waals surface area contributed by atoms with E-state index in [-0.39, 0.29) is 17.0 Å². The smallest absolute Gasteiger partial charge is 0.416 e. The van der Waals surface area contributed by atoms with Crippen LogP contribution in [-0.2, 0) is 6.18 Å². The lowest BCUT2D eigenvalue weighted by atomic mass is 10.1. The summed E-state index contributed by atoms with van der Waals surface area (Å²) in [6.45, 7) is 1.39. The standard InChI is InChI=1S/C12H9F3N2O2/c1-6-10(18)16-9(17-11(6)19)7-2-4-8(5-3-7)12(13,14)15/h2-5H,1H3,(H2,16,17,18,19). The van der Waals surface area contributed by atoms with Crippen LogP contribution in [0.4, 0.5) is 13.2 Å². The molecule has 0 bridgehead atoms. The monoisotopic (exact) mass is 270 g/mol. The highest BCUT2D eigenvalue weighted by Gasteiger charge is 2.30. The Morgan fingerprint density at radius 1 is 1.21 bits per heavy atom. The van der Waals surface area contributed by atoms with Gasteiger partial charge < -0.3 is 10.1 Å². The third kappa shape index (κ3) is 2.59. The number of alkyl halides is 3. The Bertz CT molecular complexity index is 660.